The molecule has 6 nitrogen and oxygen atoms in total. The maximum absolute atomic E-state index is 11.9. The van der Waals surface area contributed by atoms with E-state index in [9.17, 15) is 13.2 Å². The zero-order valence-corrected chi connectivity index (χ0v) is 12.7. The number of carbonyl (C=O) groups excluding carboxylic acids is 1. The Morgan fingerprint density at radius 3 is 2.76 bits per heavy atom. The molecular formula is C14H19NO5S. The fourth-order valence-corrected chi connectivity index (χ4v) is 3.56. The second kappa shape index (κ2) is 7.02. The molecule has 1 atom stereocenters. The Bertz CT molecular complexity index is 572. The van der Waals surface area contributed by atoms with Crippen molar-refractivity contribution < 1.29 is 22.1 Å². The van der Waals surface area contributed by atoms with Crippen LogP contribution in [0.3, 0.4) is 0 Å². The van der Waals surface area contributed by atoms with Crippen LogP contribution in [0.4, 0.5) is 0 Å². The van der Waals surface area contributed by atoms with Crippen molar-refractivity contribution in [2.24, 2.45) is 0 Å². The minimum absolute atomic E-state index is 0.103. The molecule has 0 aliphatic carbocycles. The molecule has 1 saturated heterocycles. The van der Waals surface area contributed by atoms with Crippen LogP contribution < -0.4 is 0 Å². The molecular weight excluding hydrogens is 294 g/mol. The Hall–Kier alpha value is -1.44. The summed E-state index contributed by atoms with van der Waals surface area (Å²) in [5.41, 5.74) is 0.884. The lowest BCUT2D eigenvalue weighted by Gasteiger charge is -2.20. The van der Waals surface area contributed by atoms with Gasteiger partial charge in [0.25, 0.3) is 0 Å². The van der Waals surface area contributed by atoms with E-state index in [1.807, 2.05) is 30.3 Å². The van der Waals surface area contributed by atoms with Gasteiger partial charge in [0, 0.05) is 13.0 Å². The van der Waals surface area contributed by atoms with E-state index in [1.54, 1.807) is 6.92 Å². The predicted octanol–water partition coefficient (Wildman–Crippen LogP) is 1.65. The van der Waals surface area contributed by atoms with Crippen LogP contribution in [-0.2, 0) is 24.0 Å². The summed E-state index contributed by atoms with van der Waals surface area (Å²) in [6, 6.07) is 8.99. The van der Waals surface area contributed by atoms with Gasteiger partial charge in [-0.25, -0.2) is 0 Å². The smallest absolute Gasteiger partial charge is 0.339 e. The molecule has 0 radical (unpaired) electrons. The van der Waals surface area contributed by atoms with E-state index in [2.05, 4.69) is 0 Å². The van der Waals surface area contributed by atoms with Gasteiger partial charge in [-0.2, -0.15) is 12.7 Å². The van der Waals surface area contributed by atoms with Crippen LogP contribution >= 0.6 is 0 Å². The Morgan fingerprint density at radius 2 is 2.10 bits per heavy atom. The van der Waals surface area contributed by atoms with Crippen LogP contribution in [0.25, 0.3) is 0 Å². The van der Waals surface area contributed by atoms with Gasteiger partial charge in [0.1, 0.15) is 0 Å². The molecule has 7 heteroatoms. The topological polar surface area (TPSA) is 72.9 Å². The molecule has 0 bridgehead atoms. The van der Waals surface area contributed by atoms with Gasteiger partial charge in [-0.3, -0.25) is 8.98 Å². The van der Waals surface area contributed by atoms with E-state index in [1.165, 1.54) is 4.31 Å². The largest absolute Gasteiger partial charge is 0.466 e. The average Bonchev–Trinajstić information content (AvgIpc) is 2.76. The number of rotatable bonds is 6. The lowest BCUT2D eigenvalue weighted by Crippen LogP contribution is -2.30. The molecule has 1 heterocycles. The van der Waals surface area contributed by atoms with Crippen molar-refractivity contribution in [2.75, 3.05) is 19.8 Å². The lowest BCUT2D eigenvalue weighted by atomic mass is 10.1. The molecule has 21 heavy (non-hydrogen) atoms. The number of esters is 1. The molecule has 1 fully saturated rings. The molecule has 2 rings (SSSR count). The Kier molecular flexibility index (Phi) is 5.33. The van der Waals surface area contributed by atoms with E-state index in [4.69, 9.17) is 8.92 Å². The SMILES string of the molecule is CCOC(=O)CCCN1[C@H](c2ccccc2)COS1(=O)=O. The van der Waals surface area contributed by atoms with Crippen LogP contribution in [0.5, 0.6) is 0 Å². The number of hydrogen-bond acceptors (Lipinski definition) is 5. The van der Waals surface area contributed by atoms with Crippen molar-refractivity contribution in [2.45, 2.75) is 25.8 Å². The van der Waals surface area contributed by atoms with Crippen molar-refractivity contribution in [3.63, 3.8) is 0 Å². The number of nitrogens with zero attached hydrogens (tertiary/aromatic N) is 1. The van der Waals surface area contributed by atoms with Crippen molar-refractivity contribution in [1.82, 2.24) is 4.31 Å². The van der Waals surface area contributed by atoms with Gasteiger partial charge >= 0.3 is 16.3 Å². The second-order valence-corrected chi connectivity index (χ2v) is 6.25. The molecule has 1 aliphatic rings. The van der Waals surface area contributed by atoms with Gasteiger partial charge in [0.2, 0.25) is 0 Å². The van der Waals surface area contributed by atoms with Crippen molar-refractivity contribution in [3.05, 3.63) is 35.9 Å². The minimum atomic E-state index is -3.71. The molecule has 0 aromatic heterocycles. The first-order chi connectivity index (χ1) is 10.0. The Balaban J connectivity index is 2.01. The summed E-state index contributed by atoms with van der Waals surface area (Å²) in [7, 11) is -3.71. The summed E-state index contributed by atoms with van der Waals surface area (Å²) < 4.78 is 34.9. The highest BCUT2D eigenvalue weighted by Crippen LogP contribution is 2.31. The molecule has 0 N–H and O–H groups in total. The van der Waals surface area contributed by atoms with Crippen molar-refractivity contribution in [1.29, 1.82) is 0 Å². The van der Waals surface area contributed by atoms with Crippen LogP contribution in [0.2, 0.25) is 0 Å². The van der Waals surface area contributed by atoms with Gasteiger partial charge in [0.15, 0.2) is 0 Å². The van der Waals surface area contributed by atoms with Gasteiger partial charge in [0.05, 0.1) is 19.3 Å². The quantitative estimate of drug-likeness (QED) is 0.747. The zero-order valence-electron chi connectivity index (χ0n) is 11.9. The molecule has 116 valence electrons. The van der Waals surface area contributed by atoms with Crippen LogP contribution in [0, 0.1) is 0 Å². The van der Waals surface area contributed by atoms with Crippen LogP contribution in [-0.4, -0.2) is 38.5 Å². The van der Waals surface area contributed by atoms with E-state index in [0.717, 1.165) is 5.56 Å². The maximum atomic E-state index is 11.9. The van der Waals surface area contributed by atoms with Crippen LogP contribution in [0.1, 0.15) is 31.4 Å². The highest BCUT2D eigenvalue weighted by Gasteiger charge is 2.39. The molecule has 1 aliphatic heterocycles. The van der Waals surface area contributed by atoms with Gasteiger partial charge in [-0.1, -0.05) is 30.3 Å². The van der Waals surface area contributed by atoms with Crippen LogP contribution in [0.15, 0.2) is 30.3 Å². The molecule has 0 saturated carbocycles. The maximum Gasteiger partial charge on any atom is 0.339 e. The van der Waals surface area contributed by atoms with E-state index >= 15 is 0 Å². The molecule has 0 spiro atoms. The fourth-order valence-electron chi connectivity index (χ4n) is 2.27. The van der Waals surface area contributed by atoms with Gasteiger partial charge < -0.3 is 4.74 Å². The van der Waals surface area contributed by atoms with Crippen molar-refractivity contribution in [3.8, 4) is 0 Å². The normalized spacial score (nSPS) is 21.3. The molecule has 1 aromatic carbocycles. The standard InChI is InChI=1S/C14H19NO5S/c1-2-19-14(16)9-6-10-15-13(11-20-21(15,17)18)12-7-4-3-5-8-12/h3-5,7-8,13H,2,6,9-11H2,1H3/t13-/m0/s1. The summed E-state index contributed by atoms with van der Waals surface area (Å²) in [4.78, 5) is 11.3. The third-order valence-corrected chi connectivity index (χ3v) is 4.70. The van der Waals surface area contributed by atoms with E-state index in [-0.39, 0.29) is 31.6 Å². The number of ether oxygens (including phenoxy) is 1. The number of hydrogen-bond donors (Lipinski definition) is 0. The summed E-state index contributed by atoms with van der Waals surface area (Å²) >= 11 is 0. The number of benzene rings is 1. The summed E-state index contributed by atoms with van der Waals surface area (Å²) in [5.74, 6) is -0.314. The third-order valence-electron chi connectivity index (χ3n) is 3.26. The van der Waals surface area contributed by atoms with Gasteiger partial charge in [-0.05, 0) is 18.9 Å². The fraction of sp³-hybridized carbons (Fsp3) is 0.500. The third kappa shape index (κ3) is 4.03. The highest BCUT2D eigenvalue weighted by atomic mass is 32.2. The second-order valence-electron chi connectivity index (χ2n) is 4.69. The first kappa shape index (κ1) is 15.9. The Labute approximate surface area is 124 Å². The Morgan fingerprint density at radius 1 is 1.38 bits per heavy atom. The lowest BCUT2D eigenvalue weighted by molar-refractivity contribution is -0.143. The number of carbonyl (C=O) groups is 1. The zero-order chi connectivity index (χ0) is 15.3. The minimum Gasteiger partial charge on any atom is -0.466 e. The molecule has 1 aromatic rings. The molecule has 0 unspecified atom stereocenters. The first-order valence-corrected chi connectivity index (χ1v) is 8.28. The summed E-state index contributed by atoms with van der Waals surface area (Å²) in [6.07, 6.45) is 0.603. The summed E-state index contributed by atoms with van der Waals surface area (Å²) in [6.45, 7) is 2.41. The van der Waals surface area contributed by atoms with E-state index < -0.39 is 10.3 Å². The summed E-state index contributed by atoms with van der Waals surface area (Å²) in [5, 5.41) is 0. The van der Waals surface area contributed by atoms with Crippen molar-refractivity contribution >= 4 is 16.3 Å². The molecule has 0 amide bonds. The predicted molar refractivity (Wildman–Crippen MR) is 76.6 cm³/mol. The highest BCUT2D eigenvalue weighted by molar-refractivity contribution is 7.84. The monoisotopic (exact) mass is 313 g/mol. The van der Waals surface area contributed by atoms with Gasteiger partial charge in [-0.15, -0.1) is 0 Å². The average molecular weight is 313 g/mol. The van der Waals surface area contributed by atoms with E-state index in [0.29, 0.717) is 13.0 Å². The first-order valence-electron chi connectivity index (χ1n) is 6.91.